The van der Waals surface area contributed by atoms with Gasteiger partial charge in [-0.2, -0.15) is 0 Å². The topological polar surface area (TPSA) is 17.1 Å². The predicted molar refractivity (Wildman–Crippen MR) is 89.5 cm³/mol. The number of carbonyl (C=O) groups is 1. The van der Waals surface area contributed by atoms with Crippen molar-refractivity contribution < 1.29 is 4.79 Å². The van der Waals surface area contributed by atoms with Gasteiger partial charge in [0.15, 0.2) is 5.78 Å². The van der Waals surface area contributed by atoms with Gasteiger partial charge in [0.1, 0.15) is 0 Å². The van der Waals surface area contributed by atoms with E-state index in [0.717, 1.165) is 13.1 Å². The lowest BCUT2D eigenvalue weighted by atomic mass is 10.1. The van der Waals surface area contributed by atoms with Gasteiger partial charge in [0.25, 0.3) is 0 Å². The Kier molecular flexibility index (Phi) is 5.26. The molecule has 0 spiro atoms. The van der Waals surface area contributed by atoms with Gasteiger partial charge in [-0.3, -0.25) is 4.79 Å². The van der Waals surface area contributed by atoms with Crippen molar-refractivity contribution in [3.8, 4) is 0 Å². The maximum absolute atomic E-state index is 12.0. The van der Waals surface area contributed by atoms with E-state index in [-0.39, 0.29) is 5.78 Å². The quantitative estimate of drug-likeness (QED) is 0.394. The lowest BCUT2D eigenvalue weighted by Crippen LogP contribution is -1.94. The zero-order chi connectivity index (χ0) is 14.0. The molecule has 0 aliphatic carbocycles. The Hall–Kier alpha value is -0.130. The second-order valence-electron chi connectivity index (χ2n) is 3.59. The van der Waals surface area contributed by atoms with Crippen LogP contribution in [0.4, 0.5) is 0 Å². The molecule has 0 aliphatic heterocycles. The molecule has 0 radical (unpaired) electrons. The number of benzene rings is 1. The third-order valence-electron chi connectivity index (χ3n) is 2.26. The first-order valence-electron chi connectivity index (χ1n) is 5.09. The fourth-order valence-electron chi connectivity index (χ4n) is 1.38. The smallest absolute Gasteiger partial charge is 0.187 e. The van der Waals surface area contributed by atoms with Crippen LogP contribution >= 0.6 is 66.4 Å². The van der Waals surface area contributed by atoms with E-state index in [1.807, 2.05) is 6.07 Å². The second-order valence-corrected chi connectivity index (χ2v) is 7.69. The summed E-state index contributed by atoms with van der Waals surface area (Å²) in [6.07, 6.45) is 3.26. The van der Waals surface area contributed by atoms with Crippen LogP contribution in [0.5, 0.6) is 0 Å². The minimum absolute atomic E-state index is 0.151. The summed E-state index contributed by atoms with van der Waals surface area (Å²) in [7, 11) is 0. The van der Waals surface area contributed by atoms with Gasteiger partial charge in [-0.05, 0) is 68.3 Å². The highest BCUT2D eigenvalue weighted by Gasteiger charge is 2.08. The van der Waals surface area contributed by atoms with Crippen molar-refractivity contribution >= 4 is 78.3 Å². The third kappa shape index (κ3) is 3.92. The van der Waals surface area contributed by atoms with Crippen LogP contribution in [0.25, 0.3) is 6.08 Å². The molecule has 2 rings (SSSR count). The number of hydrogen-bond donors (Lipinski definition) is 0. The van der Waals surface area contributed by atoms with Gasteiger partial charge in [0.05, 0.1) is 8.81 Å². The predicted octanol–water partition coefficient (Wildman–Crippen LogP) is 6.48. The Bertz CT molecular complexity index is 645. The van der Waals surface area contributed by atoms with Crippen molar-refractivity contribution in [2.24, 2.45) is 0 Å². The van der Waals surface area contributed by atoms with Gasteiger partial charge in [0.2, 0.25) is 0 Å². The molecule has 6 heteroatoms. The molecular formula is C13H6Br2Cl2OS. The van der Waals surface area contributed by atoms with Gasteiger partial charge < -0.3 is 0 Å². The summed E-state index contributed by atoms with van der Waals surface area (Å²) >= 11 is 20.1. The Morgan fingerprint density at radius 3 is 2.53 bits per heavy atom. The summed E-state index contributed by atoms with van der Waals surface area (Å²) in [6.45, 7) is 0. The molecule has 1 nitrogen and oxygen atoms in total. The molecule has 0 atom stereocenters. The van der Waals surface area contributed by atoms with Crippen molar-refractivity contribution in [3.05, 3.63) is 59.1 Å². The Balaban J connectivity index is 2.21. The molecule has 98 valence electrons. The Labute approximate surface area is 141 Å². The van der Waals surface area contributed by atoms with E-state index in [9.17, 15) is 4.79 Å². The summed E-state index contributed by atoms with van der Waals surface area (Å²) < 4.78 is 1.96. The van der Waals surface area contributed by atoms with Crippen LogP contribution < -0.4 is 0 Å². The van der Waals surface area contributed by atoms with E-state index in [1.165, 1.54) is 17.4 Å². The van der Waals surface area contributed by atoms with Gasteiger partial charge >= 0.3 is 0 Å². The van der Waals surface area contributed by atoms with E-state index < -0.39 is 0 Å². The van der Waals surface area contributed by atoms with Crippen molar-refractivity contribution in [2.75, 3.05) is 0 Å². The minimum Gasteiger partial charge on any atom is -0.289 e. The molecule has 0 bridgehead atoms. The van der Waals surface area contributed by atoms with Crippen LogP contribution in [-0.4, -0.2) is 5.78 Å². The van der Waals surface area contributed by atoms with Crippen molar-refractivity contribution in [2.45, 2.75) is 0 Å². The summed E-state index contributed by atoms with van der Waals surface area (Å²) in [6, 6.07) is 6.76. The number of carbonyl (C=O) groups excluding carboxylic acids is 1. The van der Waals surface area contributed by atoms with Crippen LogP contribution in [-0.2, 0) is 0 Å². The van der Waals surface area contributed by atoms with Gasteiger partial charge in [-0.1, -0.05) is 23.2 Å². The number of thiophene rings is 1. The first-order valence-corrected chi connectivity index (χ1v) is 8.25. The molecule has 0 N–H and O–H groups in total. The molecule has 0 saturated carbocycles. The van der Waals surface area contributed by atoms with Crippen molar-refractivity contribution in [1.82, 2.24) is 0 Å². The standard InChI is InChI=1S/C13H6Br2Cl2OS/c14-10-6-8(19-13(10)15)2-4-12(18)9-3-1-7(16)5-11(9)17/h1-6H/b4-2+. The molecule has 19 heavy (non-hydrogen) atoms. The largest absolute Gasteiger partial charge is 0.289 e. The maximum Gasteiger partial charge on any atom is 0.187 e. The highest BCUT2D eigenvalue weighted by Crippen LogP contribution is 2.33. The zero-order valence-corrected chi connectivity index (χ0v) is 14.8. The van der Waals surface area contributed by atoms with Crippen LogP contribution in [0, 0.1) is 0 Å². The highest BCUT2D eigenvalue weighted by atomic mass is 79.9. The molecular weight excluding hydrogens is 435 g/mol. The van der Waals surface area contributed by atoms with E-state index in [2.05, 4.69) is 31.9 Å². The number of hydrogen-bond acceptors (Lipinski definition) is 2. The van der Waals surface area contributed by atoms with Crippen LogP contribution in [0.1, 0.15) is 15.2 Å². The number of rotatable bonds is 3. The minimum atomic E-state index is -0.151. The van der Waals surface area contributed by atoms with Crippen LogP contribution in [0.15, 0.2) is 38.6 Å². The summed E-state index contributed by atoms with van der Waals surface area (Å²) in [4.78, 5) is 13.0. The van der Waals surface area contributed by atoms with Crippen molar-refractivity contribution in [1.29, 1.82) is 0 Å². The molecule has 1 aromatic heterocycles. The van der Waals surface area contributed by atoms with E-state index in [0.29, 0.717) is 15.6 Å². The van der Waals surface area contributed by atoms with Gasteiger partial charge in [0, 0.05) is 19.9 Å². The number of allylic oxidation sites excluding steroid dienone is 1. The lowest BCUT2D eigenvalue weighted by Gasteiger charge is -1.99. The van der Waals surface area contributed by atoms with Gasteiger partial charge in [-0.15, -0.1) is 11.3 Å². The van der Waals surface area contributed by atoms with E-state index >= 15 is 0 Å². The average Bonchev–Trinajstić information content (AvgIpc) is 2.66. The molecule has 1 heterocycles. The summed E-state index contributed by atoms with van der Waals surface area (Å²) in [5, 5.41) is 0.868. The number of ketones is 1. The monoisotopic (exact) mass is 438 g/mol. The Morgan fingerprint density at radius 2 is 1.95 bits per heavy atom. The first-order chi connectivity index (χ1) is 8.97. The number of halogens is 4. The van der Waals surface area contributed by atoms with Crippen molar-refractivity contribution in [3.63, 3.8) is 0 Å². The molecule has 0 fully saturated rings. The Morgan fingerprint density at radius 1 is 1.21 bits per heavy atom. The summed E-state index contributed by atoms with van der Waals surface area (Å²) in [5.74, 6) is -0.151. The van der Waals surface area contributed by atoms with E-state index in [4.69, 9.17) is 23.2 Å². The van der Waals surface area contributed by atoms with Crippen LogP contribution in [0.3, 0.4) is 0 Å². The van der Waals surface area contributed by atoms with Crippen LogP contribution in [0.2, 0.25) is 10.0 Å². The average molecular weight is 441 g/mol. The fraction of sp³-hybridized carbons (Fsp3) is 0. The maximum atomic E-state index is 12.0. The normalized spacial score (nSPS) is 11.2. The fourth-order valence-corrected chi connectivity index (χ4v) is 3.88. The molecule has 1 aromatic carbocycles. The SMILES string of the molecule is O=C(/C=C/c1cc(Br)c(Br)s1)c1ccc(Cl)cc1Cl. The lowest BCUT2D eigenvalue weighted by molar-refractivity contribution is 0.104. The molecule has 2 aromatic rings. The summed E-state index contributed by atoms with van der Waals surface area (Å²) in [5.41, 5.74) is 0.442. The molecule has 0 unspecified atom stereocenters. The molecule has 0 aliphatic rings. The highest BCUT2D eigenvalue weighted by molar-refractivity contribution is 9.13. The molecule has 0 amide bonds. The van der Waals surface area contributed by atoms with E-state index in [1.54, 1.807) is 24.3 Å². The second kappa shape index (κ2) is 6.55. The molecule has 0 saturated heterocycles. The first kappa shape index (κ1) is 15.3. The zero-order valence-electron chi connectivity index (χ0n) is 9.29. The van der Waals surface area contributed by atoms with Gasteiger partial charge in [-0.25, -0.2) is 0 Å². The third-order valence-corrected chi connectivity index (χ3v) is 6.03.